The lowest BCUT2D eigenvalue weighted by Gasteiger charge is -2.15. The molecule has 4 heterocycles. The maximum absolute atomic E-state index is 11.7. The van der Waals surface area contributed by atoms with Gasteiger partial charge in [-0.3, -0.25) is 9.67 Å². The molecule has 0 unspecified atom stereocenters. The number of nitrogens with one attached hydrogen (secondary N) is 2. The van der Waals surface area contributed by atoms with E-state index in [1.807, 2.05) is 26.1 Å². The fourth-order valence-corrected chi connectivity index (χ4v) is 3.13. The van der Waals surface area contributed by atoms with Crippen LogP contribution in [0.1, 0.15) is 5.69 Å². The van der Waals surface area contributed by atoms with Crippen molar-refractivity contribution < 1.29 is 4.79 Å². The van der Waals surface area contributed by atoms with Crippen molar-refractivity contribution >= 4 is 22.9 Å². The molecule has 1 aliphatic heterocycles. The number of pyridine rings is 1. The van der Waals surface area contributed by atoms with Crippen LogP contribution in [0.4, 0.5) is 10.6 Å². The first kappa shape index (κ1) is 16.2. The van der Waals surface area contributed by atoms with Crippen LogP contribution in [0.25, 0.3) is 22.4 Å². The molecule has 1 saturated heterocycles. The highest BCUT2D eigenvalue weighted by molar-refractivity contribution is 5.90. The topological polar surface area (TPSA) is 101 Å². The molecule has 0 bridgehead atoms. The van der Waals surface area contributed by atoms with Gasteiger partial charge in [0.15, 0.2) is 11.5 Å². The van der Waals surface area contributed by atoms with Crippen LogP contribution in [0.2, 0.25) is 0 Å². The van der Waals surface area contributed by atoms with Crippen LogP contribution < -0.4 is 10.6 Å². The predicted octanol–water partition coefficient (Wildman–Crippen LogP) is 1.17. The molecule has 0 saturated carbocycles. The molecular formula is C17H20N8O. The minimum atomic E-state index is -0.0188. The third kappa shape index (κ3) is 2.92. The predicted molar refractivity (Wildman–Crippen MR) is 97.7 cm³/mol. The molecule has 2 amide bonds. The maximum atomic E-state index is 11.7. The van der Waals surface area contributed by atoms with E-state index in [0.717, 1.165) is 34.7 Å². The Hall–Kier alpha value is -3.23. The SMILES string of the molecule is Cc1nn(C)c2nc(-c3ccncc3)nc(NCCN3CCNC3=O)c12. The largest absolute Gasteiger partial charge is 0.368 e. The summed E-state index contributed by atoms with van der Waals surface area (Å²) in [5.41, 5.74) is 2.53. The van der Waals surface area contributed by atoms with Gasteiger partial charge in [-0.25, -0.2) is 14.8 Å². The van der Waals surface area contributed by atoms with E-state index in [-0.39, 0.29) is 6.03 Å². The van der Waals surface area contributed by atoms with E-state index in [2.05, 4.69) is 25.7 Å². The highest BCUT2D eigenvalue weighted by atomic mass is 16.2. The van der Waals surface area contributed by atoms with Crippen molar-refractivity contribution in [2.75, 3.05) is 31.5 Å². The number of aromatic nitrogens is 5. The van der Waals surface area contributed by atoms with E-state index in [9.17, 15) is 4.79 Å². The van der Waals surface area contributed by atoms with Crippen molar-refractivity contribution in [2.24, 2.45) is 7.05 Å². The summed E-state index contributed by atoms with van der Waals surface area (Å²) in [6.07, 6.45) is 3.44. The Morgan fingerprint density at radius 1 is 1.27 bits per heavy atom. The van der Waals surface area contributed by atoms with Gasteiger partial charge in [-0.2, -0.15) is 5.10 Å². The molecular weight excluding hydrogens is 332 g/mol. The smallest absolute Gasteiger partial charge is 0.317 e. The number of rotatable bonds is 5. The van der Waals surface area contributed by atoms with Gasteiger partial charge in [-0.15, -0.1) is 0 Å². The Kier molecular flexibility index (Phi) is 4.11. The van der Waals surface area contributed by atoms with Gasteiger partial charge in [0.05, 0.1) is 11.1 Å². The molecule has 2 N–H and O–H groups in total. The lowest BCUT2D eigenvalue weighted by Crippen LogP contribution is -2.32. The van der Waals surface area contributed by atoms with Crippen LogP contribution in [0.3, 0.4) is 0 Å². The van der Waals surface area contributed by atoms with Gasteiger partial charge >= 0.3 is 6.03 Å². The van der Waals surface area contributed by atoms with Gasteiger partial charge in [-0.1, -0.05) is 0 Å². The van der Waals surface area contributed by atoms with E-state index in [0.29, 0.717) is 25.5 Å². The molecule has 0 aromatic carbocycles. The van der Waals surface area contributed by atoms with Crippen LogP contribution in [0, 0.1) is 6.92 Å². The van der Waals surface area contributed by atoms with E-state index in [4.69, 9.17) is 4.98 Å². The first-order valence-electron chi connectivity index (χ1n) is 8.52. The van der Waals surface area contributed by atoms with Gasteiger partial charge in [0.2, 0.25) is 0 Å². The number of fused-ring (bicyclic) bond motifs is 1. The van der Waals surface area contributed by atoms with Crippen LogP contribution in [-0.4, -0.2) is 61.8 Å². The summed E-state index contributed by atoms with van der Waals surface area (Å²) in [4.78, 5) is 26.9. The Labute approximate surface area is 150 Å². The second-order valence-electron chi connectivity index (χ2n) is 6.19. The molecule has 134 valence electrons. The number of carbonyl (C=O) groups excluding carboxylic acids is 1. The lowest BCUT2D eigenvalue weighted by atomic mass is 10.2. The van der Waals surface area contributed by atoms with E-state index in [1.165, 1.54) is 0 Å². The van der Waals surface area contributed by atoms with Crippen LogP contribution in [0.15, 0.2) is 24.5 Å². The Balaban J connectivity index is 1.66. The monoisotopic (exact) mass is 352 g/mol. The maximum Gasteiger partial charge on any atom is 0.317 e. The quantitative estimate of drug-likeness (QED) is 0.715. The highest BCUT2D eigenvalue weighted by Gasteiger charge is 2.20. The summed E-state index contributed by atoms with van der Waals surface area (Å²) in [5.74, 6) is 1.34. The molecule has 0 aliphatic carbocycles. The Morgan fingerprint density at radius 2 is 2.08 bits per heavy atom. The average molecular weight is 352 g/mol. The summed E-state index contributed by atoms with van der Waals surface area (Å²) in [6.45, 7) is 4.58. The minimum Gasteiger partial charge on any atom is -0.368 e. The Bertz CT molecular complexity index is 952. The van der Waals surface area contributed by atoms with E-state index < -0.39 is 0 Å². The number of aryl methyl sites for hydroxylation is 2. The summed E-state index contributed by atoms with van der Waals surface area (Å²) >= 11 is 0. The molecule has 1 aliphatic rings. The molecule has 0 spiro atoms. The van der Waals surface area contributed by atoms with Crippen molar-refractivity contribution in [1.82, 2.24) is 34.9 Å². The minimum absolute atomic E-state index is 0.0188. The number of urea groups is 1. The molecule has 9 nitrogen and oxygen atoms in total. The number of anilines is 1. The van der Waals surface area contributed by atoms with Crippen molar-refractivity contribution in [1.29, 1.82) is 0 Å². The molecule has 26 heavy (non-hydrogen) atoms. The molecule has 0 radical (unpaired) electrons. The standard InChI is InChI=1S/C17H20N8O/c1-11-13-15(19-7-9-25-10-8-20-17(25)26)21-14(12-3-5-18-6-4-12)22-16(13)24(2)23-11/h3-6H,7-10H2,1-2H3,(H,20,26)(H,19,21,22). The number of hydrogen-bond donors (Lipinski definition) is 2. The zero-order valence-corrected chi connectivity index (χ0v) is 14.7. The van der Waals surface area contributed by atoms with E-state index in [1.54, 1.807) is 22.0 Å². The summed E-state index contributed by atoms with van der Waals surface area (Å²) in [6, 6.07) is 3.74. The fourth-order valence-electron chi connectivity index (χ4n) is 3.13. The third-order valence-electron chi connectivity index (χ3n) is 4.42. The highest BCUT2D eigenvalue weighted by Crippen LogP contribution is 2.26. The number of amides is 2. The molecule has 9 heteroatoms. The van der Waals surface area contributed by atoms with Gasteiger partial charge in [-0.05, 0) is 19.1 Å². The molecule has 3 aromatic heterocycles. The van der Waals surface area contributed by atoms with Crippen molar-refractivity contribution in [3.8, 4) is 11.4 Å². The Morgan fingerprint density at radius 3 is 2.81 bits per heavy atom. The first-order valence-corrected chi connectivity index (χ1v) is 8.52. The third-order valence-corrected chi connectivity index (χ3v) is 4.42. The van der Waals surface area contributed by atoms with Gasteiger partial charge in [0.25, 0.3) is 0 Å². The van der Waals surface area contributed by atoms with Gasteiger partial charge < -0.3 is 15.5 Å². The first-order chi connectivity index (χ1) is 12.6. The van der Waals surface area contributed by atoms with Crippen LogP contribution in [0.5, 0.6) is 0 Å². The molecule has 3 aromatic rings. The van der Waals surface area contributed by atoms with Crippen molar-refractivity contribution in [3.05, 3.63) is 30.2 Å². The van der Waals surface area contributed by atoms with E-state index >= 15 is 0 Å². The number of hydrogen-bond acceptors (Lipinski definition) is 6. The lowest BCUT2D eigenvalue weighted by molar-refractivity contribution is 0.219. The van der Waals surface area contributed by atoms with Crippen molar-refractivity contribution in [3.63, 3.8) is 0 Å². The zero-order valence-electron chi connectivity index (χ0n) is 14.7. The van der Waals surface area contributed by atoms with Crippen LogP contribution in [-0.2, 0) is 7.05 Å². The fraction of sp³-hybridized carbons (Fsp3) is 0.353. The van der Waals surface area contributed by atoms with Gasteiger partial charge in [0.1, 0.15) is 5.82 Å². The summed E-state index contributed by atoms with van der Waals surface area (Å²) in [5, 5.41) is 11.5. The number of carbonyl (C=O) groups is 1. The summed E-state index contributed by atoms with van der Waals surface area (Å²) in [7, 11) is 1.87. The zero-order chi connectivity index (χ0) is 18.1. The second kappa shape index (κ2) is 6.58. The van der Waals surface area contributed by atoms with Gasteiger partial charge in [0, 0.05) is 51.2 Å². The molecule has 1 fully saturated rings. The summed E-state index contributed by atoms with van der Waals surface area (Å²) < 4.78 is 1.76. The van der Waals surface area contributed by atoms with Crippen molar-refractivity contribution in [2.45, 2.75) is 6.92 Å². The molecule has 0 atom stereocenters. The normalized spacial score (nSPS) is 14.1. The average Bonchev–Trinajstić information content (AvgIpc) is 3.19. The van der Waals surface area contributed by atoms with Crippen LogP contribution >= 0.6 is 0 Å². The number of nitrogens with zero attached hydrogens (tertiary/aromatic N) is 6. The molecule has 4 rings (SSSR count). The second-order valence-corrected chi connectivity index (χ2v) is 6.19.